The summed E-state index contributed by atoms with van der Waals surface area (Å²) < 4.78 is -1.64. The number of nitrogens with zero attached hydrogens (tertiary/aromatic N) is 2. The van der Waals surface area contributed by atoms with E-state index in [1.165, 1.54) is 0 Å². The van der Waals surface area contributed by atoms with Gasteiger partial charge in [0.15, 0.2) is 0 Å². The molecule has 0 aliphatic carbocycles. The number of carbonyl (C=O) groups excluding carboxylic acids is 2. The second-order valence-corrected chi connectivity index (χ2v) is 9.35. The van der Waals surface area contributed by atoms with Crippen molar-refractivity contribution in [3.8, 4) is 0 Å². The average molecular weight is 451 g/mol. The van der Waals surface area contributed by atoms with Crippen molar-refractivity contribution in [3.63, 3.8) is 0 Å². The highest BCUT2D eigenvalue weighted by atomic mass is 35.5. The molecule has 3 aromatic carbocycles. The Morgan fingerprint density at radius 2 is 1.42 bits per heavy atom. The lowest BCUT2D eigenvalue weighted by atomic mass is 9.72. The van der Waals surface area contributed by atoms with Gasteiger partial charge < -0.3 is 4.90 Å². The van der Waals surface area contributed by atoms with Gasteiger partial charge in [-0.2, -0.15) is 0 Å². The number of hydrogen-bond donors (Lipinski definition) is 0. The monoisotopic (exact) mass is 450 g/mol. The molecular formula is C25H20Cl2N2O2. The predicted molar refractivity (Wildman–Crippen MR) is 124 cm³/mol. The molecule has 3 aromatic rings. The van der Waals surface area contributed by atoms with Crippen LogP contribution in [0.5, 0.6) is 0 Å². The van der Waals surface area contributed by atoms with Crippen molar-refractivity contribution in [3.05, 3.63) is 96.1 Å². The molecule has 2 heterocycles. The summed E-state index contributed by atoms with van der Waals surface area (Å²) in [5.41, 5.74) is 1.72. The molecule has 0 radical (unpaired) electrons. The zero-order valence-corrected chi connectivity index (χ0v) is 18.3. The summed E-state index contributed by atoms with van der Waals surface area (Å²) in [6.07, 6.45) is 0.392. The summed E-state index contributed by atoms with van der Waals surface area (Å²) >= 11 is 13.5. The van der Waals surface area contributed by atoms with Gasteiger partial charge in [-0.25, -0.2) is 0 Å². The van der Waals surface area contributed by atoms with Gasteiger partial charge in [0.05, 0.1) is 11.4 Å². The number of carbonyl (C=O) groups is 2. The van der Waals surface area contributed by atoms with Crippen LogP contribution in [0, 0.1) is 0 Å². The third kappa shape index (κ3) is 2.68. The highest BCUT2D eigenvalue weighted by Gasteiger charge is 2.73. The van der Waals surface area contributed by atoms with E-state index in [4.69, 9.17) is 23.2 Å². The van der Waals surface area contributed by atoms with Crippen molar-refractivity contribution >= 4 is 46.4 Å². The molecule has 0 unspecified atom stereocenters. The number of benzene rings is 3. The molecule has 5 rings (SSSR count). The Labute approximate surface area is 191 Å². The van der Waals surface area contributed by atoms with Crippen molar-refractivity contribution in [1.29, 1.82) is 0 Å². The van der Waals surface area contributed by atoms with Crippen LogP contribution >= 0.6 is 23.2 Å². The normalized spacial score (nSPS) is 24.0. The molecule has 1 saturated heterocycles. The molecule has 0 spiro atoms. The largest absolute Gasteiger partial charge is 0.303 e. The smallest absolute Gasteiger partial charge is 0.267 e. The lowest BCUT2D eigenvalue weighted by Gasteiger charge is -2.59. The van der Waals surface area contributed by atoms with Crippen molar-refractivity contribution in [2.45, 2.75) is 29.3 Å². The van der Waals surface area contributed by atoms with Gasteiger partial charge in [0.2, 0.25) is 4.33 Å². The molecule has 0 N–H and O–H groups in total. The highest BCUT2D eigenvalue weighted by molar-refractivity contribution is 6.63. The van der Waals surface area contributed by atoms with Crippen LogP contribution in [0.25, 0.3) is 0 Å². The van der Waals surface area contributed by atoms with Crippen LogP contribution < -0.4 is 9.80 Å². The third-order valence-corrected chi connectivity index (χ3v) is 7.23. The molecule has 2 amide bonds. The van der Waals surface area contributed by atoms with Crippen molar-refractivity contribution in [2.75, 3.05) is 9.80 Å². The van der Waals surface area contributed by atoms with E-state index in [-0.39, 0.29) is 17.9 Å². The van der Waals surface area contributed by atoms with E-state index in [0.29, 0.717) is 23.4 Å². The second-order valence-electron chi connectivity index (χ2n) is 8.02. The van der Waals surface area contributed by atoms with Crippen LogP contribution in [-0.2, 0) is 10.3 Å². The number of para-hydroxylation sites is 2. The summed E-state index contributed by atoms with van der Waals surface area (Å²) in [5, 5.41) is 0. The van der Waals surface area contributed by atoms with Gasteiger partial charge in [0, 0.05) is 11.6 Å². The number of β-lactam (4-membered cyclic amide) rings is 1. The van der Waals surface area contributed by atoms with Crippen LogP contribution in [0.4, 0.5) is 11.4 Å². The minimum Gasteiger partial charge on any atom is -0.303 e. The van der Waals surface area contributed by atoms with Crippen LogP contribution in [0.15, 0.2) is 84.9 Å². The summed E-state index contributed by atoms with van der Waals surface area (Å²) in [6, 6.07) is 25.9. The molecule has 1 fully saturated rings. The Morgan fingerprint density at radius 1 is 0.871 bits per heavy atom. The van der Waals surface area contributed by atoms with E-state index in [0.717, 1.165) is 5.56 Å². The molecule has 2 aliphatic rings. The van der Waals surface area contributed by atoms with Gasteiger partial charge in [-0.05, 0) is 43.2 Å². The standard InChI is InChI=1S/C25H20Cl2N2O2/c1-17-16-24(19-12-6-3-7-13-19)25(26,27)23(31)29(24)21-15-9-8-14-20(21)28(17)22(30)18-10-4-2-5-11-18/h2-15,17H,16H2,1H3/t17-,24+/m1/s1. The maximum atomic E-state index is 13.6. The summed E-state index contributed by atoms with van der Waals surface area (Å²) in [7, 11) is 0. The average Bonchev–Trinajstić information content (AvgIpc) is 2.91. The molecule has 2 aliphatic heterocycles. The fourth-order valence-corrected chi connectivity index (χ4v) is 5.61. The first-order valence-electron chi connectivity index (χ1n) is 10.2. The molecular weight excluding hydrogens is 431 g/mol. The van der Waals surface area contributed by atoms with Gasteiger partial charge in [-0.1, -0.05) is 83.9 Å². The second kappa shape index (κ2) is 7.11. The Balaban J connectivity index is 1.74. The Hall–Kier alpha value is -2.82. The Kier molecular flexibility index (Phi) is 4.61. The van der Waals surface area contributed by atoms with Gasteiger partial charge >= 0.3 is 0 Å². The number of alkyl halides is 2. The molecule has 0 bridgehead atoms. The summed E-state index contributed by atoms with van der Waals surface area (Å²) in [4.78, 5) is 30.3. The number of hydrogen-bond acceptors (Lipinski definition) is 2. The topological polar surface area (TPSA) is 40.6 Å². The molecule has 2 atom stereocenters. The number of amides is 2. The highest BCUT2D eigenvalue weighted by Crippen LogP contribution is 2.62. The van der Waals surface area contributed by atoms with Crippen molar-refractivity contribution < 1.29 is 9.59 Å². The Morgan fingerprint density at radius 3 is 2.06 bits per heavy atom. The maximum absolute atomic E-state index is 13.6. The fraction of sp³-hybridized carbons (Fsp3) is 0.200. The van der Waals surface area contributed by atoms with E-state index in [2.05, 4.69) is 0 Å². The van der Waals surface area contributed by atoms with Gasteiger partial charge in [-0.15, -0.1) is 0 Å². The fourth-order valence-electron chi connectivity index (χ4n) is 4.90. The number of rotatable bonds is 2. The number of fused-ring (bicyclic) bond motifs is 3. The minimum absolute atomic E-state index is 0.131. The zero-order valence-electron chi connectivity index (χ0n) is 16.8. The third-order valence-electron chi connectivity index (χ3n) is 6.28. The van der Waals surface area contributed by atoms with E-state index in [1.54, 1.807) is 21.9 Å². The first-order valence-corrected chi connectivity index (χ1v) is 10.9. The summed E-state index contributed by atoms with van der Waals surface area (Å²) in [6.45, 7) is 1.97. The van der Waals surface area contributed by atoms with Gasteiger partial charge in [-0.3, -0.25) is 14.5 Å². The maximum Gasteiger partial charge on any atom is 0.267 e. The van der Waals surface area contributed by atoms with E-state index >= 15 is 0 Å². The molecule has 4 nitrogen and oxygen atoms in total. The van der Waals surface area contributed by atoms with Crippen LogP contribution in [0.2, 0.25) is 0 Å². The van der Waals surface area contributed by atoms with Gasteiger partial charge in [0.1, 0.15) is 5.54 Å². The van der Waals surface area contributed by atoms with E-state index in [9.17, 15) is 9.59 Å². The quantitative estimate of drug-likeness (QED) is 0.379. The SMILES string of the molecule is C[C@@H]1C[C@@]2(c3ccccc3)N(C(=O)C2(Cl)Cl)c2ccccc2N1C(=O)c1ccccc1. The van der Waals surface area contributed by atoms with Crippen LogP contribution in [-0.4, -0.2) is 22.2 Å². The first kappa shape index (κ1) is 20.1. The number of anilines is 2. The first-order chi connectivity index (χ1) is 14.9. The predicted octanol–water partition coefficient (Wildman–Crippen LogP) is 5.54. The van der Waals surface area contributed by atoms with E-state index in [1.807, 2.05) is 79.7 Å². The number of halogens is 2. The van der Waals surface area contributed by atoms with Crippen molar-refractivity contribution in [2.24, 2.45) is 0 Å². The molecule has 156 valence electrons. The van der Waals surface area contributed by atoms with Crippen molar-refractivity contribution in [1.82, 2.24) is 0 Å². The molecule has 31 heavy (non-hydrogen) atoms. The summed E-state index contributed by atoms with van der Waals surface area (Å²) in [5.74, 6) is -0.512. The lowest BCUT2D eigenvalue weighted by molar-refractivity contribution is -0.129. The molecule has 6 heteroatoms. The lowest BCUT2D eigenvalue weighted by Crippen LogP contribution is -2.76. The molecule has 0 aromatic heterocycles. The molecule has 0 saturated carbocycles. The zero-order chi connectivity index (χ0) is 21.8. The Bertz CT molecular complexity index is 1170. The van der Waals surface area contributed by atoms with Gasteiger partial charge in [0.25, 0.3) is 11.8 Å². The van der Waals surface area contributed by atoms with E-state index < -0.39 is 9.87 Å². The van der Waals surface area contributed by atoms with Crippen LogP contribution in [0.3, 0.4) is 0 Å². The van der Waals surface area contributed by atoms with Crippen LogP contribution in [0.1, 0.15) is 29.3 Å². The minimum atomic E-state index is -1.64.